The van der Waals surface area contributed by atoms with Gasteiger partial charge in [-0.2, -0.15) is 0 Å². The van der Waals surface area contributed by atoms with Gasteiger partial charge in [0, 0.05) is 12.5 Å². The van der Waals surface area contributed by atoms with E-state index in [4.69, 9.17) is 0 Å². The molecule has 0 radical (unpaired) electrons. The zero-order chi connectivity index (χ0) is 8.48. The number of carbonyl (C=O) groups is 1. The number of rotatable bonds is 2. The third kappa shape index (κ3) is 1.55. The molecular formula is C9H17NO. The topological polar surface area (TPSA) is 29.1 Å². The summed E-state index contributed by atoms with van der Waals surface area (Å²) < 4.78 is 0. The molecule has 1 N–H and O–H groups in total. The van der Waals surface area contributed by atoms with E-state index in [0.717, 1.165) is 19.4 Å². The van der Waals surface area contributed by atoms with Gasteiger partial charge in [-0.25, -0.2) is 0 Å². The largest absolute Gasteiger partial charge is 0.356 e. The van der Waals surface area contributed by atoms with E-state index in [1.807, 2.05) is 0 Å². The lowest BCUT2D eigenvalue weighted by atomic mass is 9.76. The molecule has 0 aliphatic carbocycles. The molecule has 0 saturated carbocycles. The minimum absolute atomic E-state index is 0.181. The Kier molecular flexibility index (Phi) is 2.21. The van der Waals surface area contributed by atoms with E-state index in [-0.39, 0.29) is 17.2 Å². The summed E-state index contributed by atoms with van der Waals surface area (Å²) in [5, 5.41) is 2.87. The summed E-state index contributed by atoms with van der Waals surface area (Å²) >= 11 is 0. The van der Waals surface area contributed by atoms with Gasteiger partial charge in [0.15, 0.2) is 0 Å². The Hall–Kier alpha value is -0.530. The second-order valence-corrected chi connectivity index (χ2v) is 3.97. The van der Waals surface area contributed by atoms with E-state index in [1.54, 1.807) is 0 Å². The van der Waals surface area contributed by atoms with Crippen molar-refractivity contribution in [2.24, 2.45) is 11.3 Å². The number of carbonyl (C=O) groups excluding carboxylic acids is 1. The fourth-order valence-electron chi connectivity index (χ4n) is 1.59. The van der Waals surface area contributed by atoms with Gasteiger partial charge in [-0.15, -0.1) is 0 Å². The standard InChI is InChI=1S/C9H17NO/c1-4-9(2,3)7-5-6-10-8(7)11/h7H,4-6H2,1-3H3,(H,10,11)/t7-/m1/s1. The summed E-state index contributed by atoms with van der Waals surface area (Å²) in [6.07, 6.45) is 2.09. The fourth-order valence-corrected chi connectivity index (χ4v) is 1.59. The molecule has 0 unspecified atom stereocenters. The summed E-state index contributed by atoms with van der Waals surface area (Å²) in [6.45, 7) is 7.35. The molecule has 1 heterocycles. The third-order valence-electron chi connectivity index (χ3n) is 2.90. The maximum atomic E-state index is 11.3. The van der Waals surface area contributed by atoms with Gasteiger partial charge in [0.25, 0.3) is 0 Å². The molecule has 1 amide bonds. The van der Waals surface area contributed by atoms with Crippen LogP contribution in [-0.4, -0.2) is 12.5 Å². The molecule has 11 heavy (non-hydrogen) atoms. The quantitative estimate of drug-likeness (QED) is 0.644. The monoisotopic (exact) mass is 155 g/mol. The summed E-state index contributed by atoms with van der Waals surface area (Å²) in [5.41, 5.74) is 0.181. The highest BCUT2D eigenvalue weighted by Crippen LogP contribution is 2.34. The molecule has 2 heteroatoms. The Labute approximate surface area is 68.4 Å². The lowest BCUT2D eigenvalue weighted by molar-refractivity contribution is -0.125. The SMILES string of the molecule is CCC(C)(C)[C@@H]1CCNC1=O. The molecule has 0 aromatic rings. The first-order valence-corrected chi connectivity index (χ1v) is 4.35. The molecule has 0 aromatic heterocycles. The first-order chi connectivity index (χ1) is 5.08. The van der Waals surface area contributed by atoms with Gasteiger partial charge in [-0.1, -0.05) is 27.2 Å². The molecule has 0 spiro atoms. The third-order valence-corrected chi connectivity index (χ3v) is 2.90. The van der Waals surface area contributed by atoms with Gasteiger partial charge < -0.3 is 5.32 Å². The van der Waals surface area contributed by atoms with E-state index in [0.29, 0.717) is 0 Å². The average molecular weight is 155 g/mol. The summed E-state index contributed by atoms with van der Waals surface area (Å²) in [7, 11) is 0. The maximum Gasteiger partial charge on any atom is 0.223 e. The number of hydrogen-bond donors (Lipinski definition) is 1. The average Bonchev–Trinajstić information content (AvgIpc) is 2.36. The van der Waals surface area contributed by atoms with Crippen LogP contribution in [0.4, 0.5) is 0 Å². The van der Waals surface area contributed by atoms with Gasteiger partial charge in [0.1, 0.15) is 0 Å². The van der Waals surface area contributed by atoms with Gasteiger partial charge in [0.05, 0.1) is 0 Å². The molecule has 1 fully saturated rings. The Morgan fingerprint density at radius 3 is 2.64 bits per heavy atom. The molecule has 1 saturated heterocycles. The second-order valence-electron chi connectivity index (χ2n) is 3.97. The summed E-state index contributed by atoms with van der Waals surface area (Å²) in [4.78, 5) is 11.3. The van der Waals surface area contributed by atoms with Crippen LogP contribution in [0.5, 0.6) is 0 Å². The molecular weight excluding hydrogens is 138 g/mol. The molecule has 1 atom stereocenters. The molecule has 1 rings (SSSR count). The molecule has 64 valence electrons. The van der Waals surface area contributed by atoms with E-state index in [2.05, 4.69) is 26.1 Å². The van der Waals surface area contributed by atoms with E-state index < -0.39 is 0 Å². The zero-order valence-corrected chi connectivity index (χ0v) is 7.61. The van der Waals surface area contributed by atoms with Crippen molar-refractivity contribution in [1.82, 2.24) is 5.32 Å². The molecule has 0 bridgehead atoms. The fraction of sp³-hybridized carbons (Fsp3) is 0.889. The highest BCUT2D eigenvalue weighted by atomic mass is 16.2. The molecule has 0 aromatic carbocycles. The number of amides is 1. The van der Waals surface area contributed by atoms with Crippen LogP contribution in [0.15, 0.2) is 0 Å². The Morgan fingerprint density at radius 2 is 2.27 bits per heavy atom. The van der Waals surface area contributed by atoms with Crippen LogP contribution >= 0.6 is 0 Å². The summed E-state index contributed by atoms with van der Waals surface area (Å²) in [6, 6.07) is 0. The Balaban J connectivity index is 2.65. The molecule has 1 aliphatic heterocycles. The maximum absolute atomic E-state index is 11.3. The first kappa shape index (κ1) is 8.57. The smallest absolute Gasteiger partial charge is 0.223 e. The minimum Gasteiger partial charge on any atom is -0.356 e. The van der Waals surface area contributed by atoms with E-state index in [1.165, 1.54) is 0 Å². The van der Waals surface area contributed by atoms with Gasteiger partial charge in [-0.3, -0.25) is 4.79 Å². The van der Waals surface area contributed by atoms with Crippen LogP contribution in [0.3, 0.4) is 0 Å². The Morgan fingerprint density at radius 1 is 1.64 bits per heavy atom. The van der Waals surface area contributed by atoms with E-state index in [9.17, 15) is 4.79 Å². The van der Waals surface area contributed by atoms with Crippen molar-refractivity contribution in [3.05, 3.63) is 0 Å². The van der Waals surface area contributed by atoms with Crippen LogP contribution in [0, 0.1) is 11.3 Å². The minimum atomic E-state index is 0.181. The van der Waals surface area contributed by atoms with Crippen molar-refractivity contribution in [3.63, 3.8) is 0 Å². The van der Waals surface area contributed by atoms with Crippen molar-refractivity contribution >= 4 is 5.91 Å². The van der Waals surface area contributed by atoms with Gasteiger partial charge >= 0.3 is 0 Å². The summed E-state index contributed by atoms with van der Waals surface area (Å²) in [5.74, 6) is 0.490. The highest BCUT2D eigenvalue weighted by Gasteiger charge is 2.36. The van der Waals surface area contributed by atoms with Crippen LogP contribution in [0.25, 0.3) is 0 Å². The van der Waals surface area contributed by atoms with Crippen molar-refractivity contribution in [1.29, 1.82) is 0 Å². The van der Waals surface area contributed by atoms with Crippen molar-refractivity contribution in [2.45, 2.75) is 33.6 Å². The predicted octanol–water partition coefficient (Wildman–Crippen LogP) is 1.56. The van der Waals surface area contributed by atoms with Crippen molar-refractivity contribution in [2.75, 3.05) is 6.54 Å². The van der Waals surface area contributed by atoms with Gasteiger partial charge in [-0.05, 0) is 11.8 Å². The normalized spacial score (nSPS) is 25.4. The van der Waals surface area contributed by atoms with Crippen LogP contribution in [-0.2, 0) is 4.79 Å². The first-order valence-electron chi connectivity index (χ1n) is 4.35. The zero-order valence-electron chi connectivity index (χ0n) is 7.61. The highest BCUT2D eigenvalue weighted by molar-refractivity contribution is 5.81. The molecule has 2 nitrogen and oxygen atoms in total. The molecule has 1 aliphatic rings. The Bertz CT molecular complexity index is 163. The van der Waals surface area contributed by atoms with Crippen molar-refractivity contribution < 1.29 is 4.79 Å². The second kappa shape index (κ2) is 2.84. The van der Waals surface area contributed by atoms with Gasteiger partial charge in [0.2, 0.25) is 5.91 Å². The van der Waals surface area contributed by atoms with E-state index >= 15 is 0 Å². The number of hydrogen-bond acceptors (Lipinski definition) is 1. The number of nitrogens with one attached hydrogen (secondary N) is 1. The lowest BCUT2D eigenvalue weighted by Gasteiger charge is -2.27. The van der Waals surface area contributed by atoms with Crippen LogP contribution in [0.1, 0.15) is 33.6 Å². The predicted molar refractivity (Wildman–Crippen MR) is 45.2 cm³/mol. The van der Waals surface area contributed by atoms with Crippen LogP contribution in [0.2, 0.25) is 0 Å². The lowest BCUT2D eigenvalue weighted by Crippen LogP contribution is -2.30. The van der Waals surface area contributed by atoms with Crippen LogP contribution < -0.4 is 5.32 Å². The van der Waals surface area contributed by atoms with Crippen molar-refractivity contribution in [3.8, 4) is 0 Å².